The van der Waals surface area contributed by atoms with Crippen LogP contribution in [0.3, 0.4) is 0 Å². The minimum Gasteiger partial charge on any atom is -0.464 e. The summed E-state index contributed by atoms with van der Waals surface area (Å²) in [6.07, 6.45) is 2.00. The molecular formula is C18H17F2N3O2S. The first kappa shape index (κ1) is 17.1. The van der Waals surface area contributed by atoms with Crippen molar-refractivity contribution in [1.29, 1.82) is 0 Å². The third-order valence-corrected chi connectivity index (χ3v) is 5.12. The number of halogens is 2. The van der Waals surface area contributed by atoms with Crippen molar-refractivity contribution in [3.63, 3.8) is 0 Å². The SMILES string of the molecule is Cc1ccc(CN(C(=O)CSc2nc3cc(F)c(F)cc3[nH]2)C2CC2)o1. The lowest BCUT2D eigenvalue weighted by atomic mass is 10.3. The van der Waals surface area contributed by atoms with Crippen molar-refractivity contribution in [2.24, 2.45) is 0 Å². The molecule has 26 heavy (non-hydrogen) atoms. The molecule has 5 nitrogen and oxygen atoms in total. The van der Waals surface area contributed by atoms with Gasteiger partial charge in [-0.3, -0.25) is 4.79 Å². The molecule has 0 saturated heterocycles. The Morgan fingerprint density at radius 2 is 2.12 bits per heavy atom. The summed E-state index contributed by atoms with van der Waals surface area (Å²) in [7, 11) is 0. The van der Waals surface area contributed by atoms with Gasteiger partial charge in [0.15, 0.2) is 16.8 Å². The second-order valence-electron chi connectivity index (χ2n) is 6.38. The Bertz CT molecular complexity index is 926. The van der Waals surface area contributed by atoms with Gasteiger partial charge in [-0.05, 0) is 31.9 Å². The molecule has 0 unspecified atom stereocenters. The monoisotopic (exact) mass is 377 g/mol. The number of hydrogen-bond acceptors (Lipinski definition) is 4. The van der Waals surface area contributed by atoms with Crippen molar-refractivity contribution in [2.45, 2.75) is 37.5 Å². The van der Waals surface area contributed by atoms with Crippen LogP contribution < -0.4 is 0 Å². The van der Waals surface area contributed by atoms with Crippen LogP contribution in [0.2, 0.25) is 0 Å². The van der Waals surface area contributed by atoms with E-state index in [1.165, 1.54) is 11.8 Å². The number of H-pyrrole nitrogens is 1. The van der Waals surface area contributed by atoms with Gasteiger partial charge in [0.25, 0.3) is 0 Å². The van der Waals surface area contributed by atoms with Crippen molar-refractivity contribution >= 4 is 28.7 Å². The maximum atomic E-state index is 13.3. The van der Waals surface area contributed by atoms with Crippen molar-refractivity contribution in [3.8, 4) is 0 Å². The minimum atomic E-state index is -0.940. The highest BCUT2D eigenvalue weighted by molar-refractivity contribution is 7.99. The molecule has 1 saturated carbocycles. The summed E-state index contributed by atoms with van der Waals surface area (Å²) >= 11 is 1.22. The Kier molecular flexibility index (Phi) is 4.44. The van der Waals surface area contributed by atoms with Crippen LogP contribution in [0.1, 0.15) is 24.4 Å². The van der Waals surface area contributed by atoms with Gasteiger partial charge in [0.05, 0.1) is 23.3 Å². The maximum Gasteiger partial charge on any atom is 0.233 e. The highest BCUT2D eigenvalue weighted by Crippen LogP contribution is 2.30. The van der Waals surface area contributed by atoms with E-state index in [1.54, 1.807) is 0 Å². The average Bonchev–Trinajstić information content (AvgIpc) is 3.25. The molecular weight excluding hydrogens is 360 g/mol. The predicted octanol–water partition coefficient (Wildman–Crippen LogP) is 4.03. The number of carbonyl (C=O) groups is 1. The van der Waals surface area contributed by atoms with E-state index in [4.69, 9.17) is 4.42 Å². The van der Waals surface area contributed by atoms with Crippen LogP contribution in [-0.4, -0.2) is 32.6 Å². The summed E-state index contributed by atoms with van der Waals surface area (Å²) in [6, 6.07) is 6.13. The van der Waals surface area contributed by atoms with Gasteiger partial charge in [0.1, 0.15) is 11.5 Å². The molecule has 0 aliphatic heterocycles. The van der Waals surface area contributed by atoms with Gasteiger partial charge in [-0.2, -0.15) is 0 Å². The average molecular weight is 377 g/mol. The fraction of sp³-hybridized carbons (Fsp3) is 0.333. The molecule has 0 atom stereocenters. The summed E-state index contributed by atoms with van der Waals surface area (Å²) in [5.74, 6) is -0.0973. The lowest BCUT2D eigenvalue weighted by Crippen LogP contribution is -2.33. The molecule has 4 rings (SSSR count). The number of rotatable bonds is 6. The highest BCUT2D eigenvalue weighted by Gasteiger charge is 2.33. The second-order valence-corrected chi connectivity index (χ2v) is 7.34. The van der Waals surface area contributed by atoms with Crippen LogP contribution in [-0.2, 0) is 11.3 Å². The Labute approximate surface area is 152 Å². The Balaban J connectivity index is 1.43. The molecule has 8 heteroatoms. The number of fused-ring (bicyclic) bond motifs is 1. The van der Waals surface area contributed by atoms with Crippen molar-refractivity contribution in [2.75, 3.05) is 5.75 Å². The molecule has 1 fully saturated rings. The van der Waals surface area contributed by atoms with Crippen LogP contribution in [0.25, 0.3) is 11.0 Å². The maximum absolute atomic E-state index is 13.3. The first-order chi connectivity index (χ1) is 12.5. The molecule has 3 aromatic rings. The molecule has 2 heterocycles. The molecule has 1 aliphatic rings. The lowest BCUT2D eigenvalue weighted by molar-refractivity contribution is -0.129. The van der Waals surface area contributed by atoms with Gasteiger partial charge in [-0.1, -0.05) is 11.8 Å². The fourth-order valence-corrected chi connectivity index (χ4v) is 3.58. The predicted molar refractivity (Wildman–Crippen MR) is 93.8 cm³/mol. The number of aryl methyl sites for hydroxylation is 1. The first-order valence-corrected chi connectivity index (χ1v) is 9.30. The highest BCUT2D eigenvalue weighted by atomic mass is 32.2. The number of benzene rings is 1. The van der Waals surface area contributed by atoms with Crippen LogP contribution in [0.5, 0.6) is 0 Å². The number of nitrogens with zero attached hydrogens (tertiary/aromatic N) is 2. The zero-order valence-corrected chi connectivity index (χ0v) is 14.9. The number of aromatic nitrogens is 2. The second kappa shape index (κ2) is 6.75. The van der Waals surface area contributed by atoms with Crippen molar-refractivity contribution in [3.05, 3.63) is 47.4 Å². The summed E-state index contributed by atoms with van der Waals surface area (Å²) in [4.78, 5) is 21.6. The van der Waals surface area contributed by atoms with Crippen molar-refractivity contribution < 1.29 is 18.0 Å². The number of amides is 1. The van der Waals surface area contributed by atoms with Gasteiger partial charge >= 0.3 is 0 Å². The zero-order chi connectivity index (χ0) is 18.3. The van der Waals surface area contributed by atoms with Crippen LogP contribution in [0.4, 0.5) is 8.78 Å². The quantitative estimate of drug-likeness (QED) is 0.659. The van der Waals surface area contributed by atoms with E-state index in [9.17, 15) is 13.6 Å². The number of hydrogen-bond donors (Lipinski definition) is 1. The Morgan fingerprint density at radius 1 is 1.35 bits per heavy atom. The van der Waals surface area contributed by atoms with E-state index in [0.29, 0.717) is 22.7 Å². The van der Waals surface area contributed by atoms with E-state index < -0.39 is 11.6 Å². The molecule has 1 aliphatic carbocycles. The van der Waals surface area contributed by atoms with E-state index in [0.717, 1.165) is 36.5 Å². The first-order valence-electron chi connectivity index (χ1n) is 8.32. The number of furan rings is 1. The van der Waals surface area contributed by atoms with Crippen molar-refractivity contribution in [1.82, 2.24) is 14.9 Å². The minimum absolute atomic E-state index is 0.00984. The number of imidazole rings is 1. The summed E-state index contributed by atoms with van der Waals surface area (Å²) in [6.45, 7) is 2.32. The fourth-order valence-electron chi connectivity index (χ4n) is 2.81. The third-order valence-electron chi connectivity index (χ3n) is 4.26. The molecule has 1 N–H and O–H groups in total. The third kappa shape index (κ3) is 3.60. The molecule has 136 valence electrons. The summed E-state index contributed by atoms with van der Waals surface area (Å²) in [5.41, 5.74) is 0.743. The number of carbonyl (C=O) groups excluding carboxylic acids is 1. The van der Waals surface area contributed by atoms with Gasteiger partial charge < -0.3 is 14.3 Å². The topological polar surface area (TPSA) is 62.1 Å². The molecule has 2 aromatic heterocycles. The molecule has 0 bridgehead atoms. The Hall–Kier alpha value is -2.35. The van der Waals surface area contributed by atoms with E-state index in [1.807, 2.05) is 24.0 Å². The summed E-state index contributed by atoms with van der Waals surface area (Å²) < 4.78 is 32.1. The summed E-state index contributed by atoms with van der Waals surface area (Å²) in [5, 5.41) is 0.461. The number of aromatic amines is 1. The normalized spacial score (nSPS) is 14.1. The van der Waals surface area contributed by atoms with Gasteiger partial charge in [-0.15, -0.1) is 0 Å². The molecule has 0 radical (unpaired) electrons. The van der Waals surface area contributed by atoms with E-state index >= 15 is 0 Å². The van der Waals surface area contributed by atoms with Gasteiger partial charge in [-0.25, -0.2) is 13.8 Å². The van der Waals surface area contributed by atoms with E-state index in [-0.39, 0.29) is 17.7 Å². The van der Waals surface area contributed by atoms with Gasteiger partial charge in [0.2, 0.25) is 5.91 Å². The smallest absolute Gasteiger partial charge is 0.233 e. The largest absolute Gasteiger partial charge is 0.464 e. The number of thioether (sulfide) groups is 1. The Morgan fingerprint density at radius 3 is 2.81 bits per heavy atom. The van der Waals surface area contributed by atoms with Gasteiger partial charge in [0, 0.05) is 18.2 Å². The molecule has 0 spiro atoms. The van der Waals surface area contributed by atoms with Crippen LogP contribution >= 0.6 is 11.8 Å². The van der Waals surface area contributed by atoms with E-state index in [2.05, 4.69) is 9.97 Å². The lowest BCUT2D eigenvalue weighted by Gasteiger charge is -2.20. The molecule has 1 amide bonds. The van der Waals surface area contributed by atoms with Crippen LogP contribution in [0, 0.1) is 18.6 Å². The van der Waals surface area contributed by atoms with Crippen LogP contribution in [0.15, 0.2) is 33.8 Å². The standard InChI is InChI=1S/C18H17F2N3O2S/c1-10-2-5-12(25-10)8-23(11-3-4-11)17(24)9-26-18-21-15-6-13(19)14(20)7-16(15)22-18/h2,5-7,11H,3-4,8-9H2,1H3,(H,21,22). The number of nitrogens with one attached hydrogen (secondary N) is 1. The molecule has 1 aromatic carbocycles. The zero-order valence-electron chi connectivity index (χ0n) is 14.1.